The van der Waals surface area contributed by atoms with Crippen LogP contribution in [0.2, 0.25) is 0 Å². The van der Waals surface area contributed by atoms with E-state index < -0.39 is 16.1 Å². The van der Waals surface area contributed by atoms with Crippen molar-refractivity contribution in [2.24, 2.45) is 0 Å². The Bertz CT molecular complexity index is 176. The Hall–Kier alpha value is -0.620. The lowest BCUT2D eigenvalue weighted by molar-refractivity contribution is -0.134. The molecule has 10 heavy (non-hydrogen) atoms. The highest BCUT2D eigenvalue weighted by Gasteiger charge is 1.90. The Labute approximate surface area is 59.7 Å². The van der Waals surface area contributed by atoms with E-state index in [0.29, 0.717) is 0 Å². The van der Waals surface area contributed by atoms with Gasteiger partial charge in [-0.25, -0.2) is 0 Å². The smallest absolute Gasteiger partial charge is 0.300 e. The first-order chi connectivity index (χ1) is 4.29. The summed E-state index contributed by atoms with van der Waals surface area (Å²) in [5.41, 5.74) is 0. The maximum Gasteiger partial charge on any atom is 0.300 e. The lowest BCUT2D eigenvalue weighted by Gasteiger charge is -1.84. The molecular formula is C4H10O5S. The van der Waals surface area contributed by atoms with Gasteiger partial charge in [0.15, 0.2) is 0 Å². The Morgan fingerprint density at radius 2 is 1.60 bits per heavy atom. The first-order valence-electron chi connectivity index (χ1n) is 2.24. The van der Waals surface area contributed by atoms with E-state index in [0.717, 1.165) is 20.3 Å². The molecule has 0 spiro atoms. The van der Waals surface area contributed by atoms with E-state index in [1.54, 1.807) is 0 Å². The first-order valence-corrected chi connectivity index (χ1v) is 4.06. The lowest BCUT2D eigenvalue weighted by Crippen LogP contribution is -1.95. The highest BCUT2D eigenvalue weighted by atomic mass is 32.2. The molecule has 62 valence electrons. The van der Waals surface area contributed by atoms with Crippen molar-refractivity contribution in [3.8, 4) is 0 Å². The van der Waals surface area contributed by atoms with Crippen LogP contribution in [-0.2, 0) is 19.1 Å². The van der Waals surface area contributed by atoms with Crippen molar-refractivity contribution >= 4 is 16.1 Å². The number of hydrogen-bond acceptors (Lipinski definition) is 4. The minimum atomic E-state index is -3.16. The van der Waals surface area contributed by atoms with Gasteiger partial charge in [-0.3, -0.25) is 8.98 Å². The van der Waals surface area contributed by atoms with Gasteiger partial charge >= 0.3 is 0 Å². The zero-order valence-electron chi connectivity index (χ0n) is 5.99. The fourth-order valence-electron chi connectivity index (χ4n) is 0. The number of aliphatic carboxylic acids is 1. The Morgan fingerprint density at radius 3 is 1.60 bits per heavy atom. The van der Waals surface area contributed by atoms with Gasteiger partial charge in [0, 0.05) is 6.92 Å². The van der Waals surface area contributed by atoms with Crippen LogP contribution in [0.3, 0.4) is 0 Å². The number of rotatable bonds is 1. The molecule has 0 aromatic rings. The Balaban J connectivity index is 0. The summed E-state index contributed by atoms with van der Waals surface area (Å²) in [5, 5.41) is 7.42. The topological polar surface area (TPSA) is 80.7 Å². The SMILES string of the molecule is CC(=O)O.COS(C)(=O)=O. The van der Waals surface area contributed by atoms with Gasteiger partial charge in [-0.15, -0.1) is 0 Å². The molecule has 0 bridgehead atoms. The zero-order chi connectivity index (χ0) is 8.78. The number of hydrogen-bond donors (Lipinski definition) is 1. The maximum atomic E-state index is 9.78. The maximum absolute atomic E-state index is 9.78. The molecule has 0 aliphatic rings. The van der Waals surface area contributed by atoms with E-state index in [9.17, 15) is 8.42 Å². The van der Waals surface area contributed by atoms with E-state index in [-0.39, 0.29) is 0 Å². The van der Waals surface area contributed by atoms with E-state index in [4.69, 9.17) is 9.90 Å². The second kappa shape index (κ2) is 5.19. The van der Waals surface area contributed by atoms with Crippen molar-refractivity contribution in [2.75, 3.05) is 13.4 Å². The third kappa shape index (κ3) is 53.0. The number of carbonyl (C=O) groups is 1. The molecule has 5 nitrogen and oxygen atoms in total. The second-order valence-corrected chi connectivity index (χ2v) is 3.13. The van der Waals surface area contributed by atoms with Crippen molar-refractivity contribution in [1.82, 2.24) is 0 Å². The molecule has 1 N–H and O–H groups in total. The van der Waals surface area contributed by atoms with Crippen molar-refractivity contribution in [3.63, 3.8) is 0 Å². The fourth-order valence-corrected chi connectivity index (χ4v) is 0. The van der Waals surface area contributed by atoms with E-state index in [2.05, 4.69) is 4.18 Å². The summed E-state index contributed by atoms with van der Waals surface area (Å²) < 4.78 is 23.5. The summed E-state index contributed by atoms with van der Waals surface area (Å²) in [6, 6.07) is 0. The molecule has 0 atom stereocenters. The average molecular weight is 170 g/mol. The van der Waals surface area contributed by atoms with Crippen LogP contribution in [0.15, 0.2) is 0 Å². The Kier molecular flexibility index (Phi) is 6.27. The van der Waals surface area contributed by atoms with Crippen molar-refractivity contribution < 1.29 is 22.5 Å². The minimum absolute atomic E-state index is 0.833. The first kappa shape index (κ1) is 12.1. The zero-order valence-corrected chi connectivity index (χ0v) is 6.80. The molecule has 0 aliphatic heterocycles. The monoisotopic (exact) mass is 170 g/mol. The average Bonchev–Trinajstić information content (AvgIpc) is 1.63. The molecule has 0 fully saturated rings. The van der Waals surface area contributed by atoms with Gasteiger partial charge in [-0.2, -0.15) is 8.42 Å². The van der Waals surface area contributed by atoms with E-state index in [1.165, 1.54) is 0 Å². The molecule has 0 saturated heterocycles. The molecule has 0 aromatic heterocycles. The fraction of sp³-hybridized carbons (Fsp3) is 0.750. The molecule has 0 aliphatic carbocycles. The van der Waals surface area contributed by atoms with Crippen molar-refractivity contribution in [2.45, 2.75) is 6.92 Å². The van der Waals surface area contributed by atoms with Gasteiger partial charge in [0.05, 0.1) is 13.4 Å². The standard InChI is InChI=1S/C2H6O3S.C2H4O2/c1-5-6(2,3)4;1-2(3)4/h1-2H3;1H3,(H,3,4). The summed E-state index contributed by atoms with van der Waals surface area (Å²) in [7, 11) is -2.04. The summed E-state index contributed by atoms with van der Waals surface area (Å²) in [6.45, 7) is 1.08. The van der Waals surface area contributed by atoms with E-state index in [1.807, 2.05) is 0 Å². The van der Waals surface area contributed by atoms with Gasteiger partial charge in [-0.05, 0) is 0 Å². The van der Waals surface area contributed by atoms with Crippen molar-refractivity contribution in [1.29, 1.82) is 0 Å². The predicted molar refractivity (Wildman–Crippen MR) is 35.2 cm³/mol. The molecule has 0 amide bonds. The second-order valence-electron chi connectivity index (χ2n) is 1.39. The van der Waals surface area contributed by atoms with Crippen LogP contribution in [-0.4, -0.2) is 32.9 Å². The van der Waals surface area contributed by atoms with Gasteiger partial charge in [0.2, 0.25) is 0 Å². The number of carboxylic acids is 1. The van der Waals surface area contributed by atoms with Crippen LogP contribution < -0.4 is 0 Å². The summed E-state index contributed by atoms with van der Waals surface area (Å²) in [4.78, 5) is 9.00. The summed E-state index contributed by atoms with van der Waals surface area (Å²) in [5.74, 6) is -0.833. The highest BCUT2D eigenvalue weighted by molar-refractivity contribution is 7.85. The molecule has 6 heteroatoms. The van der Waals surface area contributed by atoms with Gasteiger partial charge < -0.3 is 5.11 Å². The summed E-state index contributed by atoms with van der Waals surface area (Å²) in [6.07, 6.45) is 0.993. The third-order valence-corrected chi connectivity index (χ3v) is 0.908. The van der Waals surface area contributed by atoms with Crippen LogP contribution in [0, 0.1) is 0 Å². The number of carboxylic acid groups (broad SMARTS) is 1. The Morgan fingerprint density at radius 1 is 1.50 bits per heavy atom. The quantitative estimate of drug-likeness (QED) is 0.545. The van der Waals surface area contributed by atoms with E-state index >= 15 is 0 Å². The molecular weight excluding hydrogens is 160 g/mol. The minimum Gasteiger partial charge on any atom is -0.481 e. The highest BCUT2D eigenvalue weighted by Crippen LogP contribution is 1.75. The van der Waals surface area contributed by atoms with Gasteiger partial charge in [0.1, 0.15) is 0 Å². The third-order valence-electron chi connectivity index (χ3n) is 0.303. The molecule has 0 heterocycles. The van der Waals surface area contributed by atoms with Crippen LogP contribution in [0.25, 0.3) is 0 Å². The normalized spacial score (nSPS) is 9.50. The molecule has 0 saturated carbocycles. The summed E-state index contributed by atoms with van der Waals surface area (Å²) >= 11 is 0. The molecule has 0 radical (unpaired) electrons. The van der Waals surface area contributed by atoms with Crippen molar-refractivity contribution in [3.05, 3.63) is 0 Å². The lowest BCUT2D eigenvalue weighted by atomic mass is 10.9. The molecule has 0 aromatic carbocycles. The van der Waals surface area contributed by atoms with Gasteiger partial charge in [-0.1, -0.05) is 0 Å². The van der Waals surface area contributed by atoms with Crippen LogP contribution in [0.4, 0.5) is 0 Å². The molecule has 0 rings (SSSR count). The van der Waals surface area contributed by atoms with Crippen LogP contribution >= 0.6 is 0 Å². The van der Waals surface area contributed by atoms with Crippen LogP contribution in [0.5, 0.6) is 0 Å². The van der Waals surface area contributed by atoms with Crippen LogP contribution in [0.1, 0.15) is 6.92 Å². The van der Waals surface area contributed by atoms with Gasteiger partial charge in [0.25, 0.3) is 16.1 Å². The predicted octanol–water partition coefficient (Wildman–Crippen LogP) is -0.317. The largest absolute Gasteiger partial charge is 0.481 e. The molecule has 0 unspecified atom stereocenters.